The lowest BCUT2D eigenvalue weighted by Gasteiger charge is -2.24. The van der Waals surface area contributed by atoms with Crippen LogP contribution >= 0.6 is 0 Å². The Balaban J connectivity index is 2.02. The van der Waals surface area contributed by atoms with E-state index in [4.69, 9.17) is 0 Å². The van der Waals surface area contributed by atoms with Gasteiger partial charge in [-0.3, -0.25) is 0 Å². The summed E-state index contributed by atoms with van der Waals surface area (Å²) in [7, 11) is 0. The van der Waals surface area contributed by atoms with Crippen LogP contribution in [0.5, 0.6) is 0 Å². The smallest absolute Gasteiger partial charge is 0.371 e. The molecular weight excluding hydrogens is 209 g/mol. The third-order valence-electron chi connectivity index (χ3n) is 2.43. The number of ether oxygens (including phenoxy) is 1. The van der Waals surface area contributed by atoms with Crippen LogP contribution in [0.2, 0.25) is 0 Å². The van der Waals surface area contributed by atoms with Crippen LogP contribution in [0.1, 0.15) is 13.3 Å². The van der Waals surface area contributed by atoms with Gasteiger partial charge in [0.15, 0.2) is 0 Å². The molecule has 0 amide bonds. The molecule has 1 atom stereocenters. The molecule has 0 radical (unpaired) electrons. The van der Waals surface area contributed by atoms with Crippen LogP contribution in [-0.4, -0.2) is 44.6 Å². The highest BCUT2D eigenvalue weighted by atomic mass is 19.4. The second-order valence-corrected chi connectivity index (χ2v) is 4.08. The zero-order valence-electron chi connectivity index (χ0n) is 8.78. The molecule has 1 heterocycles. The summed E-state index contributed by atoms with van der Waals surface area (Å²) in [5.74, 6) is 0. The van der Waals surface area contributed by atoms with E-state index >= 15 is 0 Å². The molecule has 0 spiro atoms. The van der Waals surface area contributed by atoms with Crippen molar-refractivity contribution in [1.29, 1.82) is 0 Å². The van der Waals surface area contributed by atoms with Crippen LogP contribution in [0.4, 0.5) is 13.2 Å². The largest absolute Gasteiger partial charge is 0.411 e. The molecule has 6 heteroatoms. The predicted octanol–water partition coefficient (Wildman–Crippen LogP) is 0.907. The van der Waals surface area contributed by atoms with Crippen LogP contribution in [0, 0.1) is 0 Å². The molecule has 2 N–H and O–H groups in total. The maximum absolute atomic E-state index is 11.7. The molecule has 3 nitrogen and oxygen atoms in total. The van der Waals surface area contributed by atoms with E-state index in [0.29, 0.717) is 6.54 Å². The molecule has 90 valence electrons. The van der Waals surface area contributed by atoms with Crippen LogP contribution < -0.4 is 10.6 Å². The zero-order chi connectivity index (χ0) is 11.4. The summed E-state index contributed by atoms with van der Waals surface area (Å²) in [6, 6.07) is 0. The average molecular weight is 226 g/mol. The van der Waals surface area contributed by atoms with Crippen LogP contribution in [0.3, 0.4) is 0 Å². The van der Waals surface area contributed by atoms with Gasteiger partial charge in [-0.25, -0.2) is 0 Å². The number of nitrogens with one attached hydrogen (secondary N) is 2. The summed E-state index contributed by atoms with van der Waals surface area (Å²) in [6.45, 7) is 3.24. The molecule has 0 bridgehead atoms. The van der Waals surface area contributed by atoms with Crippen molar-refractivity contribution in [1.82, 2.24) is 10.6 Å². The fourth-order valence-electron chi connectivity index (χ4n) is 1.58. The molecule has 0 aromatic rings. The van der Waals surface area contributed by atoms with E-state index in [1.165, 1.54) is 0 Å². The molecule has 1 fully saturated rings. The number of hydrogen-bond acceptors (Lipinski definition) is 3. The topological polar surface area (TPSA) is 33.3 Å². The van der Waals surface area contributed by atoms with Crippen molar-refractivity contribution in [2.75, 3.05) is 32.8 Å². The van der Waals surface area contributed by atoms with E-state index in [2.05, 4.69) is 22.3 Å². The standard InChI is InChI=1S/C9H17F3N2O/c1-8(2-3-13-6-8)14-4-5-15-7-9(10,11)12/h13-14H,2-7H2,1H3. The van der Waals surface area contributed by atoms with Crippen molar-refractivity contribution < 1.29 is 17.9 Å². The molecule has 15 heavy (non-hydrogen) atoms. The highest BCUT2D eigenvalue weighted by Gasteiger charge is 2.29. The zero-order valence-corrected chi connectivity index (χ0v) is 8.78. The van der Waals surface area contributed by atoms with Gasteiger partial charge in [0.25, 0.3) is 0 Å². The Bertz CT molecular complexity index is 190. The minimum atomic E-state index is -4.22. The van der Waals surface area contributed by atoms with Crippen LogP contribution in [-0.2, 0) is 4.74 Å². The highest BCUT2D eigenvalue weighted by Crippen LogP contribution is 2.14. The van der Waals surface area contributed by atoms with Crippen molar-refractivity contribution in [3.63, 3.8) is 0 Å². The Labute approximate surface area is 87.4 Å². The minimum absolute atomic E-state index is 0.00158. The SMILES string of the molecule is CC1(NCCOCC(F)(F)F)CCNC1. The molecule has 1 rings (SSSR count). The van der Waals surface area contributed by atoms with Crippen molar-refractivity contribution in [2.45, 2.75) is 25.1 Å². The third-order valence-corrected chi connectivity index (χ3v) is 2.43. The number of rotatable bonds is 5. The summed E-state index contributed by atoms with van der Waals surface area (Å²) >= 11 is 0. The lowest BCUT2D eigenvalue weighted by molar-refractivity contribution is -0.173. The number of alkyl halides is 3. The molecule has 0 saturated carbocycles. The van der Waals surface area contributed by atoms with Gasteiger partial charge < -0.3 is 15.4 Å². The molecule has 1 saturated heterocycles. The molecule has 0 aromatic heterocycles. The van der Waals surface area contributed by atoms with Gasteiger partial charge in [0.2, 0.25) is 0 Å². The molecule has 0 aliphatic carbocycles. The molecule has 1 aliphatic heterocycles. The first-order valence-corrected chi connectivity index (χ1v) is 5.02. The van der Waals surface area contributed by atoms with Gasteiger partial charge in [-0.1, -0.05) is 0 Å². The second kappa shape index (κ2) is 5.14. The minimum Gasteiger partial charge on any atom is -0.371 e. The quantitative estimate of drug-likeness (QED) is 0.683. The summed E-state index contributed by atoms with van der Waals surface area (Å²) in [5.41, 5.74) is 0.00158. The summed E-state index contributed by atoms with van der Waals surface area (Å²) < 4.78 is 39.6. The average Bonchev–Trinajstić information content (AvgIpc) is 2.50. The third kappa shape index (κ3) is 5.34. The van der Waals surface area contributed by atoms with Gasteiger partial charge >= 0.3 is 6.18 Å². The Kier molecular flexibility index (Phi) is 4.36. The molecule has 0 aromatic carbocycles. The Morgan fingerprint density at radius 1 is 1.47 bits per heavy atom. The van der Waals surface area contributed by atoms with Gasteiger partial charge in [0.1, 0.15) is 6.61 Å². The van der Waals surface area contributed by atoms with Gasteiger partial charge in [-0.05, 0) is 19.9 Å². The van der Waals surface area contributed by atoms with Crippen LogP contribution in [0.25, 0.3) is 0 Å². The van der Waals surface area contributed by atoms with Gasteiger partial charge in [0.05, 0.1) is 6.61 Å². The summed E-state index contributed by atoms with van der Waals surface area (Å²) in [6.07, 6.45) is -3.23. The van der Waals surface area contributed by atoms with E-state index < -0.39 is 12.8 Å². The van der Waals surface area contributed by atoms with Gasteiger partial charge in [-0.15, -0.1) is 0 Å². The van der Waals surface area contributed by atoms with E-state index in [0.717, 1.165) is 19.5 Å². The fourth-order valence-corrected chi connectivity index (χ4v) is 1.58. The number of halogens is 3. The summed E-state index contributed by atoms with van der Waals surface area (Å²) in [4.78, 5) is 0. The molecule has 1 aliphatic rings. The van der Waals surface area contributed by atoms with E-state index in [9.17, 15) is 13.2 Å². The van der Waals surface area contributed by atoms with Crippen LogP contribution in [0.15, 0.2) is 0 Å². The Morgan fingerprint density at radius 3 is 2.73 bits per heavy atom. The predicted molar refractivity (Wildman–Crippen MR) is 50.8 cm³/mol. The first kappa shape index (κ1) is 12.7. The lowest BCUT2D eigenvalue weighted by Crippen LogP contribution is -2.45. The van der Waals surface area contributed by atoms with Crippen molar-refractivity contribution >= 4 is 0 Å². The molecule has 1 unspecified atom stereocenters. The van der Waals surface area contributed by atoms with E-state index in [-0.39, 0.29) is 12.1 Å². The first-order valence-electron chi connectivity index (χ1n) is 5.02. The first-order chi connectivity index (χ1) is 6.91. The van der Waals surface area contributed by atoms with Crippen molar-refractivity contribution in [3.8, 4) is 0 Å². The van der Waals surface area contributed by atoms with Crippen molar-refractivity contribution in [2.24, 2.45) is 0 Å². The summed E-state index contributed by atoms with van der Waals surface area (Å²) in [5, 5.41) is 6.38. The lowest BCUT2D eigenvalue weighted by atomic mass is 10.0. The van der Waals surface area contributed by atoms with Gasteiger partial charge in [0, 0.05) is 18.6 Å². The second-order valence-electron chi connectivity index (χ2n) is 4.08. The fraction of sp³-hybridized carbons (Fsp3) is 1.00. The van der Waals surface area contributed by atoms with E-state index in [1.54, 1.807) is 0 Å². The Hall–Kier alpha value is -0.330. The highest BCUT2D eigenvalue weighted by molar-refractivity contribution is 4.91. The maximum Gasteiger partial charge on any atom is 0.411 e. The monoisotopic (exact) mass is 226 g/mol. The van der Waals surface area contributed by atoms with Gasteiger partial charge in [-0.2, -0.15) is 13.2 Å². The van der Waals surface area contributed by atoms with E-state index in [1.807, 2.05) is 0 Å². The molecular formula is C9H17F3N2O. The normalized spacial score (nSPS) is 27.2. The van der Waals surface area contributed by atoms with Crippen molar-refractivity contribution in [3.05, 3.63) is 0 Å². The maximum atomic E-state index is 11.7. The number of hydrogen-bond donors (Lipinski definition) is 2. The Morgan fingerprint density at radius 2 is 2.20 bits per heavy atom.